The summed E-state index contributed by atoms with van der Waals surface area (Å²) in [6, 6.07) is 2.35. The van der Waals surface area contributed by atoms with Gasteiger partial charge in [0.25, 0.3) is 5.91 Å². The molecule has 1 aromatic carbocycles. The molecule has 0 unspecified atom stereocenters. The molecule has 2 heterocycles. The highest BCUT2D eigenvalue weighted by Gasteiger charge is 2.37. The highest BCUT2D eigenvalue weighted by atomic mass is 19.2. The first-order chi connectivity index (χ1) is 13.7. The van der Waals surface area contributed by atoms with Crippen LogP contribution in [0.2, 0.25) is 0 Å². The molecular formula is C20H22F3N3O3. The van der Waals surface area contributed by atoms with E-state index in [0.29, 0.717) is 11.6 Å². The second kappa shape index (κ2) is 8.93. The molecule has 3 rings (SSSR count). The topological polar surface area (TPSA) is 82.5 Å². The molecule has 156 valence electrons. The molecule has 2 aromatic rings. The van der Waals surface area contributed by atoms with E-state index in [1.807, 2.05) is 13.8 Å². The van der Waals surface area contributed by atoms with E-state index < -0.39 is 46.5 Å². The molecule has 2 N–H and O–H groups in total. The number of nitrogens with zero attached hydrogens (tertiary/aromatic N) is 2. The number of hydrogen-bond donors (Lipinski definition) is 2. The average Bonchev–Trinajstić information content (AvgIpc) is 2.63. The number of nitrogens with one attached hydrogen (secondary N) is 1. The smallest absolute Gasteiger partial charge is 0.310 e. The molecular weight excluding hydrogens is 387 g/mol. The van der Waals surface area contributed by atoms with E-state index >= 15 is 0 Å². The Hall–Kier alpha value is -3.10. The Morgan fingerprint density at radius 1 is 1.14 bits per heavy atom. The molecule has 0 bridgehead atoms. The Kier molecular flexibility index (Phi) is 6.84. The molecule has 29 heavy (non-hydrogen) atoms. The monoisotopic (exact) mass is 409 g/mol. The van der Waals surface area contributed by atoms with Crippen LogP contribution in [0.25, 0.3) is 0 Å². The zero-order valence-electron chi connectivity index (χ0n) is 16.5. The van der Waals surface area contributed by atoms with Gasteiger partial charge in [-0.05, 0) is 31.0 Å². The van der Waals surface area contributed by atoms with Gasteiger partial charge in [0, 0.05) is 19.3 Å². The van der Waals surface area contributed by atoms with E-state index in [4.69, 9.17) is 5.11 Å². The van der Waals surface area contributed by atoms with Gasteiger partial charge in [0.15, 0.2) is 17.5 Å². The lowest BCUT2D eigenvalue weighted by molar-refractivity contribution is -0.146. The first-order valence-corrected chi connectivity index (χ1v) is 9.09. The standard InChI is InChI=1S/C18H16F3N3O3.C2H6/c1-8-3-9(2)16(22-5-8)23-15-11(4-12(19)13(20)14(15)21)17(25)24-6-10(7-24)18(26)27;1-2/h3-5,10H,6-7H2,1-2H3,(H,22,23)(H,26,27);1-2H3. The van der Waals surface area contributed by atoms with Crippen molar-refractivity contribution < 1.29 is 27.9 Å². The number of aliphatic carboxylic acids is 1. The molecule has 1 aliphatic rings. The predicted octanol–water partition coefficient (Wildman–Crippen LogP) is 4.04. The second-order valence-electron chi connectivity index (χ2n) is 6.46. The number of carboxylic acid groups (broad SMARTS) is 1. The third-order valence-electron chi connectivity index (χ3n) is 4.37. The lowest BCUT2D eigenvalue weighted by Crippen LogP contribution is -2.53. The minimum atomic E-state index is -1.72. The Balaban J connectivity index is 0.00000145. The molecule has 1 saturated heterocycles. The molecule has 0 aliphatic carbocycles. The lowest BCUT2D eigenvalue weighted by Gasteiger charge is -2.37. The third kappa shape index (κ3) is 4.49. The van der Waals surface area contributed by atoms with Crippen molar-refractivity contribution in [3.05, 3.63) is 52.5 Å². The average molecular weight is 409 g/mol. The quantitative estimate of drug-likeness (QED) is 0.745. The molecule has 9 heteroatoms. The van der Waals surface area contributed by atoms with Crippen LogP contribution in [-0.2, 0) is 4.79 Å². The maximum Gasteiger partial charge on any atom is 0.310 e. The fourth-order valence-corrected chi connectivity index (χ4v) is 2.82. The summed E-state index contributed by atoms with van der Waals surface area (Å²) in [4.78, 5) is 28.7. The van der Waals surface area contributed by atoms with E-state index in [0.717, 1.165) is 10.5 Å². The van der Waals surface area contributed by atoms with Crippen LogP contribution >= 0.6 is 0 Å². The van der Waals surface area contributed by atoms with E-state index in [2.05, 4.69) is 10.3 Å². The van der Waals surface area contributed by atoms with Crippen molar-refractivity contribution in [3.8, 4) is 0 Å². The number of carboxylic acids is 1. The minimum absolute atomic E-state index is 0.0873. The molecule has 0 atom stereocenters. The van der Waals surface area contributed by atoms with E-state index in [9.17, 15) is 22.8 Å². The van der Waals surface area contributed by atoms with Gasteiger partial charge in [-0.15, -0.1) is 0 Å². The third-order valence-corrected chi connectivity index (χ3v) is 4.37. The van der Waals surface area contributed by atoms with Crippen LogP contribution in [-0.4, -0.2) is 40.0 Å². The SMILES string of the molecule is CC.Cc1cnc(Nc2c(C(=O)N3CC(C(=O)O)C3)cc(F)c(F)c2F)c(C)c1. The summed E-state index contributed by atoms with van der Waals surface area (Å²) in [6.07, 6.45) is 1.50. The van der Waals surface area contributed by atoms with Crippen LogP contribution in [0.3, 0.4) is 0 Å². The molecule has 1 aromatic heterocycles. The van der Waals surface area contributed by atoms with Crippen molar-refractivity contribution in [2.75, 3.05) is 18.4 Å². The highest BCUT2D eigenvalue weighted by molar-refractivity contribution is 6.01. The van der Waals surface area contributed by atoms with Gasteiger partial charge in [-0.3, -0.25) is 9.59 Å². The fourth-order valence-electron chi connectivity index (χ4n) is 2.82. The van der Waals surface area contributed by atoms with Crippen molar-refractivity contribution >= 4 is 23.4 Å². The van der Waals surface area contributed by atoms with Gasteiger partial charge >= 0.3 is 5.97 Å². The zero-order chi connectivity index (χ0) is 21.9. The highest BCUT2D eigenvalue weighted by Crippen LogP contribution is 2.31. The Bertz CT molecular complexity index is 944. The molecule has 1 aliphatic heterocycles. The number of anilines is 2. The van der Waals surface area contributed by atoms with Gasteiger partial charge in [-0.1, -0.05) is 19.9 Å². The first-order valence-electron chi connectivity index (χ1n) is 9.09. The van der Waals surface area contributed by atoms with Gasteiger partial charge in [-0.2, -0.15) is 0 Å². The number of carbonyl (C=O) groups excluding carboxylic acids is 1. The number of benzene rings is 1. The molecule has 0 spiro atoms. The summed E-state index contributed by atoms with van der Waals surface area (Å²) in [5.41, 5.74) is 0.488. The summed E-state index contributed by atoms with van der Waals surface area (Å²) in [5.74, 6) is -7.18. The van der Waals surface area contributed by atoms with E-state index in [1.165, 1.54) is 6.20 Å². The van der Waals surface area contributed by atoms with Gasteiger partial charge in [0.1, 0.15) is 5.82 Å². The van der Waals surface area contributed by atoms with Gasteiger partial charge in [0.05, 0.1) is 17.2 Å². The normalized spacial score (nSPS) is 13.3. The molecule has 6 nitrogen and oxygen atoms in total. The summed E-state index contributed by atoms with van der Waals surface area (Å²) in [7, 11) is 0. The predicted molar refractivity (Wildman–Crippen MR) is 102 cm³/mol. The van der Waals surface area contributed by atoms with Gasteiger partial charge in [-0.25, -0.2) is 18.2 Å². The molecule has 0 radical (unpaired) electrons. The maximum absolute atomic E-state index is 14.4. The summed E-state index contributed by atoms with van der Waals surface area (Å²) in [6.45, 7) is 7.32. The minimum Gasteiger partial charge on any atom is -0.481 e. The van der Waals surface area contributed by atoms with Crippen LogP contribution in [0.4, 0.5) is 24.7 Å². The summed E-state index contributed by atoms with van der Waals surface area (Å²) < 4.78 is 41.9. The zero-order valence-corrected chi connectivity index (χ0v) is 16.5. The molecule has 1 fully saturated rings. The van der Waals surface area contributed by atoms with Crippen LogP contribution in [0.15, 0.2) is 18.3 Å². The number of aromatic nitrogens is 1. The van der Waals surface area contributed by atoms with Crippen molar-refractivity contribution in [3.63, 3.8) is 0 Å². The number of halogens is 3. The Labute approximate surface area is 166 Å². The van der Waals surface area contributed by atoms with Crippen LogP contribution in [0, 0.1) is 37.2 Å². The van der Waals surface area contributed by atoms with Crippen molar-refractivity contribution in [1.82, 2.24) is 9.88 Å². The largest absolute Gasteiger partial charge is 0.481 e. The van der Waals surface area contributed by atoms with Crippen molar-refractivity contribution in [2.24, 2.45) is 5.92 Å². The van der Waals surface area contributed by atoms with E-state index in [-0.39, 0.29) is 18.9 Å². The lowest BCUT2D eigenvalue weighted by atomic mass is 9.98. The molecule has 0 saturated carbocycles. The number of carbonyl (C=O) groups is 2. The van der Waals surface area contributed by atoms with Crippen molar-refractivity contribution in [2.45, 2.75) is 27.7 Å². The number of likely N-dealkylation sites (tertiary alicyclic amines) is 1. The summed E-state index contributed by atoms with van der Waals surface area (Å²) in [5, 5.41) is 11.5. The number of pyridine rings is 1. The Morgan fingerprint density at radius 3 is 2.31 bits per heavy atom. The fraction of sp³-hybridized carbons (Fsp3) is 0.350. The summed E-state index contributed by atoms with van der Waals surface area (Å²) >= 11 is 0. The van der Waals surface area contributed by atoms with Crippen LogP contribution < -0.4 is 5.32 Å². The number of amides is 1. The number of rotatable bonds is 4. The maximum atomic E-state index is 14.4. The number of aryl methyl sites for hydroxylation is 2. The Morgan fingerprint density at radius 2 is 1.76 bits per heavy atom. The van der Waals surface area contributed by atoms with E-state index in [1.54, 1.807) is 19.9 Å². The van der Waals surface area contributed by atoms with Crippen LogP contribution in [0.5, 0.6) is 0 Å². The first kappa shape index (κ1) is 22.2. The van der Waals surface area contributed by atoms with Crippen LogP contribution in [0.1, 0.15) is 35.3 Å². The number of hydrogen-bond acceptors (Lipinski definition) is 4. The molecule has 1 amide bonds. The second-order valence-corrected chi connectivity index (χ2v) is 6.46. The van der Waals surface area contributed by atoms with Crippen molar-refractivity contribution in [1.29, 1.82) is 0 Å². The van der Waals surface area contributed by atoms with Gasteiger partial charge in [0.2, 0.25) is 0 Å². The van der Waals surface area contributed by atoms with Gasteiger partial charge < -0.3 is 15.3 Å².